The van der Waals surface area contributed by atoms with Crippen LogP contribution in [0.15, 0.2) is 0 Å². The minimum absolute atomic E-state index is 0.882. The first kappa shape index (κ1) is 10.0. The minimum Gasteiger partial charge on any atom is -0.314 e. The molecule has 0 aromatic carbocycles. The maximum atomic E-state index is 3.38. The highest BCUT2D eigenvalue weighted by molar-refractivity contribution is 4.69. The molecule has 1 fully saturated rings. The van der Waals surface area contributed by atoms with Gasteiger partial charge >= 0.3 is 0 Å². The summed E-state index contributed by atoms with van der Waals surface area (Å²) in [6.45, 7) is 10.8. The molecule has 1 saturated heterocycles. The van der Waals surface area contributed by atoms with E-state index in [1.807, 2.05) is 0 Å². The van der Waals surface area contributed by atoms with Crippen molar-refractivity contribution in [1.29, 1.82) is 0 Å². The lowest BCUT2D eigenvalue weighted by Crippen LogP contribution is -2.45. The minimum atomic E-state index is 0.882. The van der Waals surface area contributed by atoms with E-state index in [2.05, 4.69) is 24.1 Å². The van der Waals surface area contributed by atoms with E-state index < -0.39 is 0 Å². The summed E-state index contributed by atoms with van der Waals surface area (Å²) < 4.78 is 0. The van der Waals surface area contributed by atoms with Gasteiger partial charge in [-0.25, -0.2) is 0 Å². The highest BCUT2D eigenvalue weighted by atomic mass is 15.2. The molecule has 0 saturated carbocycles. The zero-order chi connectivity index (χ0) is 8.81. The molecule has 0 amide bonds. The topological polar surface area (TPSA) is 15.3 Å². The average molecular weight is 170 g/mol. The van der Waals surface area contributed by atoms with Gasteiger partial charge in [-0.05, 0) is 12.3 Å². The van der Waals surface area contributed by atoms with Crippen molar-refractivity contribution in [2.45, 2.75) is 26.7 Å². The summed E-state index contributed by atoms with van der Waals surface area (Å²) in [5, 5.41) is 3.38. The van der Waals surface area contributed by atoms with Crippen molar-refractivity contribution in [3.05, 3.63) is 0 Å². The Hall–Kier alpha value is -0.0800. The summed E-state index contributed by atoms with van der Waals surface area (Å²) in [5.41, 5.74) is 0. The van der Waals surface area contributed by atoms with Crippen LogP contribution in [0.1, 0.15) is 26.7 Å². The van der Waals surface area contributed by atoms with E-state index in [1.165, 1.54) is 45.6 Å². The zero-order valence-electron chi connectivity index (χ0n) is 8.47. The molecule has 72 valence electrons. The summed E-state index contributed by atoms with van der Waals surface area (Å²) in [6.07, 6.45) is 2.71. The molecule has 0 aromatic rings. The van der Waals surface area contributed by atoms with Crippen molar-refractivity contribution in [2.75, 3.05) is 32.7 Å². The van der Waals surface area contributed by atoms with Gasteiger partial charge in [0.2, 0.25) is 0 Å². The maximum Gasteiger partial charge on any atom is 0.0107 e. The van der Waals surface area contributed by atoms with Crippen LogP contribution < -0.4 is 5.32 Å². The van der Waals surface area contributed by atoms with Crippen molar-refractivity contribution >= 4 is 0 Å². The van der Waals surface area contributed by atoms with Gasteiger partial charge in [-0.15, -0.1) is 0 Å². The van der Waals surface area contributed by atoms with E-state index in [0.29, 0.717) is 0 Å². The third kappa shape index (κ3) is 3.55. The van der Waals surface area contributed by atoms with Gasteiger partial charge in [0.15, 0.2) is 0 Å². The lowest BCUT2D eigenvalue weighted by molar-refractivity contribution is 0.207. The number of hydrogen-bond donors (Lipinski definition) is 1. The molecule has 0 aromatic heterocycles. The Morgan fingerprint density at radius 3 is 2.58 bits per heavy atom. The highest BCUT2D eigenvalue weighted by Crippen LogP contribution is 2.07. The second-order valence-electron chi connectivity index (χ2n) is 3.94. The number of nitrogens with zero attached hydrogens (tertiary/aromatic N) is 1. The maximum absolute atomic E-state index is 3.38. The molecule has 1 aliphatic rings. The molecular weight excluding hydrogens is 148 g/mol. The largest absolute Gasteiger partial charge is 0.314 e. The molecule has 0 radical (unpaired) electrons. The average Bonchev–Trinajstić information content (AvgIpc) is 2.06. The Morgan fingerprint density at radius 2 is 2.00 bits per heavy atom. The second kappa shape index (κ2) is 5.55. The monoisotopic (exact) mass is 170 g/mol. The van der Waals surface area contributed by atoms with Gasteiger partial charge in [0, 0.05) is 32.7 Å². The molecule has 0 unspecified atom stereocenters. The fourth-order valence-corrected chi connectivity index (χ4v) is 1.92. The standard InChI is InChI=1S/C10H22N2/c1-3-4-10(2)9-12-7-5-11-6-8-12/h10-11H,3-9H2,1-2H3/t10-/m0/s1. The van der Waals surface area contributed by atoms with E-state index in [-0.39, 0.29) is 0 Å². The van der Waals surface area contributed by atoms with Gasteiger partial charge in [-0.1, -0.05) is 20.3 Å². The summed E-state index contributed by atoms with van der Waals surface area (Å²) in [7, 11) is 0. The molecule has 12 heavy (non-hydrogen) atoms. The Balaban J connectivity index is 2.11. The van der Waals surface area contributed by atoms with Gasteiger partial charge in [0.25, 0.3) is 0 Å². The van der Waals surface area contributed by atoms with Gasteiger partial charge in [-0.3, -0.25) is 0 Å². The lowest BCUT2D eigenvalue weighted by atomic mass is 10.1. The molecule has 1 aliphatic heterocycles. The normalized spacial score (nSPS) is 22.5. The van der Waals surface area contributed by atoms with Crippen LogP contribution in [-0.4, -0.2) is 37.6 Å². The molecule has 0 bridgehead atoms. The summed E-state index contributed by atoms with van der Waals surface area (Å²) in [4.78, 5) is 2.58. The van der Waals surface area contributed by atoms with Crippen molar-refractivity contribution in [3.8, 4) is 0 Å². The molecule has 1 heterocycles. The Labute approximate surface area is 76.3 Å². The first-order valence-electron chi connectivity index (χ1n) is 5.26. The van der Waals surface area contributed by atoms with Crippen LogP contribution in [0.25, 0.3) is 0 Å². The third-order valence-corrected chi connectivity index (χ3v) is 2.56. The molecule has 1 atom stereocenters. The van der Waals surface area contributed by atoms with Crippen LogP contribution >= 0.6 is 0 Å². The Bertz CT molecular complexity index is 108. The molecule has 1 N–H and O–H groups in total. The molecule has 0 aliphatic carbocycles. The third-order valence-electron chi connectivity index (χ3n) is 2.56. The SMILES string of the molecule is CCC[C@H](C)CN1CCNCC1. The number of rotatable bonds is 4. The zero-order valence-corrected chi connectivity index (χ0v) is 8.47. The predicted molar refractivity (Wildman–Crippen MR) is 53.4 cm³/mol. The molecule has 2 heteroatoms. The summed E-state index contributed by atoms with van der Waals surface area (Å²) in [5.74, 6) is 0.882. The summed E-state index contributed by atoms with van der Waals surface area (Å²) in [6, 6.07) is 0. The fourth-order valence-electron chi connectivity index (χ4n) is 1.92. The van der Waals surface area contributed by atoms with Gasteiger partial charge in [0.1, 0.15) is 0 Å². The van der Waals surface area contributed by atoms with E-state index in [9.17, 15) is 0 Å². The fraction of sp³-hybridized carbons (Fsp3) is 1.00. The smallest absolute Gasteiger partial charge is 0.0107 e. The molecule has 2 nitrogen and oxygen atoms in total. The molecule has 1 rings (SSSR count). The van der Waals surface area contributed by atoms with Crippen LogP contribution in [-0.2, 0) is 0 Å². The van der Waals surface area contributed by atoms with Gasteiger partial charge in [0.05, 0.1) is 0 Å². The van der Waals surface area contributed by atoms with Crippen LogP contribution in [0.2, 0.25) is 0 Å². The highest BCUT2D eigenvalue weighted by Gasteiger charge is 2.11. The van der Waals surface area contributed by atoms with E-state index in [4.69, 9.17) is 0 Å². The molecular formula is C10H22N2. The predicted octanol–water partition coefficient (Wildman–Crippen LogP) is 1.33. The Kier molecular flexibility index (Phi) is 4.62. The number of piperazine rings is 1. The lowest BCUT2D eigenvalue weighted by Gasteiger charge is -2.29. The van der Waals surface area contributed by atoms with Crippen LogP contribution in [0.5, 0.6) is 0 Å². The Morgan fingerprint density at radius 1 is 1.33 bits per heavy atom. The quantitative estimate of drug-likeness (QED) is 0.684. The van der Waals surface area contributed by atoms with Crippen LogP contribution in [0.4, 0.5) is 0 Å². The second-order valence-corrected chi connectivity index (χ2v) is 3.94. The van der Waals surface area contributed by atoms with Crippen LogP contribution in [0, 0.1) is 5.92 Å². The number of nitrogens with one attached hydrogen (secondary N) is 1. The number of hydrogen-bond acceptors (Lipinski definition) is 2. The van der Waals surface area contributed by atoms with Gasteiger partial charge < -0.3 is 10.2 Å². The van der Waals surface area contributed by atoms with Crippen LogP contribution in [0.3, 0.4) is 0 Å². The molecule has 0 spiro atoms. The van der Waals surface area contributed by atoms with E-state index in [1.54, 1.807) is 0 Å². The van der Waals surface area contributed by atoms with Crippen molar-refractivity contribution in [2.24, 2.45) is 5.92 Å². The van der Waals surface area contributed by atoms with Gasteiger partial charge in [-0.2, -0.15) is 0 Å². The van der Waals surface area contributed by atoms with Crippen molar-refractivity contribution < 1.29 is 0 Å². The first-order valence-corrected chi connectivity index (χ1v) is 5.26. The van der Waals surface area contributed by atoms with E-state index in [0.717, 1.165) is 5.92 Å². The van der Waals surface area contributed by atoms with Crippen molar-refractivity contribution in [1.82, 2.24) is 10.2 Å². The van der Waals surface area contributed by atoms with E-state index >= 15 is 0 Å². The summed E-state index contributed by atoms with van der Waals surface area (Å²) >= 11 is 0. The first-order chi connectivity index (χ1) is 5.83. The van der Waals surface area contributed by atoms with Crippen molar-refractivity contribution in [3.63, 3.8) is 0 Å².